The van der Waals surface area contributed by atoms with E-state index in [0.717, 1.165) is 0 Å². The number of fused-ring (bicyclic) bond motifs is 16. The van der Waals surface area contributed by atoms with E-state index in [-0.39, 0.29) is 10.8 Å². The lowest BCUT2D eigenvalue weighted by molar-refractivity contribution is 0.592. The fourth-order valence-electron chi connectivity index (χ4n) is 14.1. The van der Waals surface area contributed by atoms with Crippen molar-refractivity contribution in [2.75, 3.05) is 4.90 Å². The summed E-state index contributed by atoms with van der Waals surface area (Å²) < 4.78 is 0. The third kappa shape index (κ3) is 5.71. The van der Waals surface area contributed by atoms with Crippen LogP contribution in [0.5, 0.6) is 0 Å². The highest BCUT2D eigenvalue weighted by atomic mass is 15.1. The molecule has 1 nitrogen and oxygen atoms in total. The number of benzene rings is 9. The number of hydrogen-bond acceptors (Lipinski definition) is 1. The van der Waals surface area contributed by atoms with Gasteiger partial charge in [-0.3, -0.25) is 0 Å². The van der Waals surface area contributed by atoms with Crippen LogP contribution in [0.25, 0.3) is 55.6 Å². The molecular formula is C68H57N. The monoisotopic (exact) mass is 887 g/mol. The van der Waals surface area contributed by atoms with E-state index < -0.39 is 5.41 Å². The van der Waals surface area contributed by atoms with Crippen LogP contribution in [0.2, 0.25) is 0 Å². The maximum absolute atomic E-state index is 2.55. The van der Waals surface area contributed by atoms with Gasteiger partial charge in [0.25, 0.3) is 0 Å². The highest BCUT2D eigenvalue weighted by Crippen LogP contribution is 2.63. The minimum absolute atomic E-state index is 0.0411. The van der Waals surface area contributed by atoms with Gasteiger partial charge < -0.3 is 4.90 Å². The van der Waals surface area contributed by atoms with Crippen LogP contribution in [0, 0.1) is 0 Å². The van der Waals surface area contributed by atoms with Crippen LogP contribution in [0.4, 0.5) is 17.1 Å². The van der Waals surface area contributed by atoms with Gasteiger partial charge in [0.05, 0.1) is 5.41 Å². The summed E-state index contributed by atoms with van der Waals surface area (Å²) in [6, 6.07) is 75.2. The third-order valence-electron chi connectivity index (χ3n) is 17.6. The molecule has 0 heterocycles. The quantitative estimate of drug-likeness (QED) is 0.156. The van der Waals surface area contributed by atoms with Crippen LogP contribution in [0.3, 0.4) is 0 Å². The highest BCUT2D eigenvalue weighted by Gasteiger charge is 2.52. The van der Waals surface area contributed by atoms with Crippen molar-refractivity contribution in [3.05, 3.63) is 244 Å². The summed E-state index contributed by atoms with van der Waals surface area (Å²) in [6.45, 7) is 9.60. The average Bonchev–Trinajstić information content (AvgIpc) is 3.90. The van der Waals surface area contributed by atoms with Gasteiger partial charge in [0, 0.05) is 27.9 Å². The molecule has 0 amide bonds. The lowest BCUT2D eigenvalue weighted by atomic mass is 9.70. The topological polar surface area (TPSA) is 3.24 Å². The molecule has 0 aromatic heterocycles. The lowest BCUT2D eigenvalue weighted by Gasteiger charge is -2.32. The Hall–Kier alpha value is -7.22. The molecule has 1 fully saturated rings. The van der Waals surface area contributed by atoms with Gasteiger partial charge in [-0.05, 0) is 173 Å². The Kier molecular flexibility index (Phi) is 8.81. The SMILES string of the molecule is CC1(C)c2ccccc2-c2ccc(-c3ccc4c(c3)-c3ccc(N(c5ccc(C6CCCCCC6)cc5)c5ccc6c(c5)C5(c7ccccc7-c7ccccc75)c5ccccc5-6)cc3C4(C)C)cc21. The van der Waals surface area contributed by atoms with E-state index in [9.17, 15) is 0 Å². The molecule has 1 saturated carbocycles. The zero-order chi connectivity index (χ0) is 46.2. The Morgan fingerprint density at radius 2 is 0.725 bits per heavy atom. The summed E-state index contributed by atoms with van der Waals surface area (Å²) in [5.41, 5.74) is 28.8. The summed E-state index contributed by atoms with van der Waals surface area (Å²) in [5, 5.41) is 0. The summed E-state index contributed by atoms with van der Waals surface area (Å²) in [4.78, 5) is 2.55. The Morgan fingerprint density at radius 1 is 0.319 bits per heavy atom. The lowest BCUT2D eigenvalue weighted by Crippen LogP contribution is -2.26. The predicted molar refractivity (Wildman–Crippen MR) is 288 cm³/mol. The van der Waals surface area contributed by atoms with Crippen molar-refractivity contribution in [1.29, 1.82) is 0 Å². The molecule has 0 atom stereocenters. The molecule has 0 bridgehead atoms. The number of nitrogens with zero attached hydrogens (tertiary/aromatic N) is 1. The van der Waals surface area contributed by atoms with E-state index in [4.69, 9.17) is 0 Å². The van der Waals surface area contributed by atoms with E-state index in [0.29, 0.717) is 5.92 Å². The fourth-order valence-corrected chi connectivity index (χ4v) is 14.1. The molecule has 0 N–H and O–H groups in total. The van der Waals surface area contributed by atoms with E-state index in [2.05, 4.69) is 227 Å². The van der Waals surface area contributed by atoms with Gasteiger partial charge in [-0.1, -0.05) is 199 Å². The molecule has 334 valence electrons. The van der Waals surface area contributed by atoms with E-state index >= 15 is 0 Å². The second-order valence-corrected chi connectivity index (χ2v) is 21.8. The molecule has 1 spiro atoms. The molecule has 0 aliphatic heterocycles. The first-order valence-corrected chi connectivity index (χ1v) is 25.6. The minimum Gasteiger partial charge on any atom is -0.310 e. The second-order valence-electron chi connectivity index (χ2n) is 21.8. The summed E-state index contributed by atoms with van der Waals surface area (Å²) in [7, 11) is 0. The van der Waals surface area contributed by atoms with Crippen molar-refractivity contribution >= 4 is 17.1 Å². The Labute approximate surface area is 408 Å². The number of rotatable bonds is 5. The van der Waals surface area contributed by atoms with Crippen molar-refractivity contribution in [3.8, 4) is 55.6 Å². The van der Waals surface area contributed by atoms with Gasteiger partial charge in [-0.15, -0.1) is 0 Å². The van der Waals surface area contributed by atoms with Crippen molar-refractivity contribution in [1.82, 2.24) is 0 Å². The van der Waals surface area contributed by atoms with Gasteiger partial charge >= 0.3 is 0 Å². The van der Waals surface area contributed by atoms with Crippen LogP contribution in [0.1, 0.15) is 122 Å². The Morgan fingerprint density at radius 3 is 1.32 bits per heavy atom. The van der Waals surface area contributed by atoms with Crippen molar-refractivity contribution in [2.24, 2.45) is 0 Å². The Balaban J connectivity index is 0.917. The minimum atomic E-state index is -0.415. The molecule has 69 heavy (non-hydrogen) atoms. The molecule has 14 rings (SSSR count). The van der Waals surface area contributed by atoms with Crippen LogP contribution < -0.4 is 4.90 Å². The zero-order valence-electron chi connectivity index (χ0n) is 40.2. The second kappa shape index (κ2) is 14.9. The first kappa shape index (κ1) is 40.8. The molecule has 9 aromatic rings. The average molecular weight is 888 g/mol. The maximum Gasteiger partial charge on any atom is 0.0726 e. The molecular weight excluding hydrogens is 831 g/mol. The summed E-state index contributed by atoms with van der Waals surface area (Å²) in [5.74, 6) is 0.639. The van der Waals surface area contributed by atoms with Gasteiger partial charge in [0.15, 0.2) is 0 Å². The first-order valence-electron chi connectivity index (χ1n) is 25.6. The standard InChI is InChI=1S/C68H57N/c1-66(2)58-23-13-9-19-50(58)54-35-29-46(40-63(54)66)45-30-38-59-57(39-45)56-37-34-48(41-64(56)67(59,3)4)69(47-31-27-44(28-32-47)43-17-7-5-6-8-18-43)49-33-36-55-53-22-12-16-26-62(53)68(65(55)42-49)60-24-14-10-20-51(60)52-21-11-15-25-61(52)68/h9-16,19-43H,5-8,17-18H2,1-4H3. The van der Waals surface area contributed by atoms with E-state index in [1.807, 2.05) is 0 Å². The first-order chi connectivity index (χ1) is 33.7. The van der Waals surface area contributed by atoms with Crippen molar-refractivity contribution < 1.29 is 0 Å². The van der Waals surface area contributed by atoms with Gasteiger partial charge in [0.2, 0.25) is 0 Å². The smallest absolute Gasteiger partial charge is 0.0726 e. The normalized spacial score (nSPS) is 16.9. The fraction of sp³-hybridized carbons (Fsp3) is 0.206. The van der Waals surface area contributed by atoms with E-state index in [1.165, 1.54) is 161 Å². The Bertz CT molecular complexity index is 3510. The van der Waals surface area contributed by atoms with Crippen LogP contribution in [-0.2, 0) is 16.2 Å². The molecule has 5 aliphatic carbocycles. The molecule has 0 radical (unpaired) electrons. The van der Waals surface area contributed by atoms with Gasteiger partial charge in [0.1, 0.15) is 0 Å². The zero-order valence-corrected chi connectivity index (χ0v) is 40.2. The van der Waals surface area contributed by atoms with Crippen molar-refractivity contribution in [2.45, 2.75) is 88.4 Å². The van der Waals surface area contributed by atoms with Gasteiger partial charge in [-0.25, -0.2) is 0 Å². The molecule has 0 unspecified atom stereocenters. The number of hydrogen-bond donors (Lipinski definition) is 0. The molecule has 0 saturated heterocycles. The molecule has 9 aromatic carbocycles. The summed E-state index contributed by atoms with van der Waals surface area (Å²) >= 11 is 0. The number of anilines is 3. The molecule has 5 aliphatic rings. The largest absolute Gasteiger partial charge is 0.310 e. The van der Waals surface area contributed by atoms with Crippen LogP contribution in [-0.4, -0.2) is 0 Å². The van der Waals surface area contributed by atoms with Crippen molar-refractivity contribution in [3.63, 3.8) is 0 Å². The van der Waals surface area contributed by atoms with Crippen LogP contribution >= 0.6 is 0 Å². The van der Waals surface area contributed by atoms with Crippen LogP contribution in [0.15, 0.2) is 194 Å². The van der Waals surface area contributed by atoms with Gasteiger partial charge in [-0.2, -0.15) is 0 Å². The predicted octanol–water partition coefficient (Wildman–Crippen LogP) is 18.2. The molecule has 1 heteroatoms. The third-order valence-corrected chi connectivity index (χ3v) is 17.6. The maximum atomic E-state index is 2.55. The van der Waals surface area contributed by atoms with E-state index in [1.54, 1.807) is 0 Å². The summed E-state index contributed by atoms with van der Waals surface area (Å²) in [6.07, 6.45) is 7.98. The highest BCUT2D eigenvalue weighted by molar-refractivity contribution is 5.97.